The molecule has 0 aliphatic carbocycles. The normalized spacial score (nSPS) is 11.7. The highest BCUT2D eigenvalue weighted by Gasteiger charge is 2.22. The molecule has 0 radical (unpaired) electrons. The van der Waals surface area contributed by atoms with Crippen molar-refractivity contribution in [3.63, 3.8) is 0 Å². The van der Waals surface area contributed by atoms with Crippen LogP contribution in [0.1, 0.15) is 0 Å². The van der Waals surface area contributed by atoms with E-state index in [-0.39, 0.29) is 0 Å². The van der Waals surface area contributed by atoms with Gasteiger partial charge in [0.15, 0.2) is 5.82 Å². The van der Waals surface area contributed by atoms with Crippen LogP contribution in [0.3, 0.4) is 0 Å². The molecule has 274 valence electrons. The van der Waals surface area contributed by atoms with Gasteiger partial charge in [-0.1, -0.05) is 127 Å². The van der Waals surface area contributed by atoms with E-state index in [1.165, 1.54) is 32.3 Å². The zero-order valence-electron chi connectivity index (χ0n) is 31.8. The molecule has 12 aromatic rings. The molecule has 0 spiro atoms. The van der Waals surface area contributed by atoms with Crippen LogP contribution in [0.2, 0.25) is 0 Å². The lowest BCUT2D eigenvalue weighted by Crippen LogP contribution is -1.99. The molecule has 59 heavy (non-hydrogen) atoms. The molecular weight excluding hydrogens is 719 g/mol. The van der Waals surface area contributed by atoms with E-state index in [1.807, 2.05) is 36.8 Å². The Labute approximate surface area is 339 Å². The van der Waals surface area contributed by atoms with E-state index in [9.17, 15) is 0 Å². The van der Waals surface area contributed by atoms with Crippen molar-refractivity contribution in [2.24, 2.45) is 0 Å². The molecule has 0 N–H and O–H groups in total. The fourth-order valence-electron chi connectivity index (χ4n) is 9.06. The SMILES string of the molecule is c1ccc(-n2c(-c3ccc4c(-c5ccc(-c6cccc7c6ccc6cc8ccccc8cc67)cn5)c5ccccc5c(-c5ncccn5)c4c3)nc3ccccc32)cc1. The summed E-state index contributed by atoms with van der Waals surface area (Å²) in [5.74, 6) is 1.54. The summed E-state index contributed by atoms with van der Waals surface area (Å²) in [4.78, 5) is 20.1. The van der Waals surface area contributed by atoms with Gasteiger partial charge in [0, 0.05) is 46.5 Å². The van der Waals surface area contributed by atoms with Crippen LogP contribution in [-0.4, -0.2) is 24.5 Å². The second-order valence-corrected chi connectivity index (χ2v) is 15.0. The number of rotatable bonds is 5. The van der Waals surface area contributed by atoms with Crippen molar-refractivity contribution in [1.29, 1.82) is 0 Å². The third kappa shape index (κ3) is 5.33. The summed E-state index contributed by atoms with van der Waals surface area (Å²) in [5, 5.41) is 11.7. The van der Waals surface area contributed by atoms with Crippen molar-refractivity contribution in [3.05, 3.63) is 201 Å². The summed E-state index contributed by atoms with van der Waals surface area (Å²) in [7, 11) is 0. The summed E-state index contributed by atoms with van der Waals surface area (Å²) in [6.45, 7) is 0. The van der Waals surface area contributed by atoms with Gasteiger partial charge in [-0.2, -0.15) is 0 Å². The number of nitrogens with zero attached hydrogens (tertiary/aromatic N) is 5. The predicted octanol–water partition coefficient (Wildman–Crippen LogP) is 13.6. The highest BCUT2D eigenvalue weighted by atomic mass is 15.1. The predicted molar refractivity (Wildman–Crippen MR) is 244 cm³/mol. The van der Waals surface area contributed by atoms with Crippen LogP contribution in [0.5, 0.6) is 0 Å². The van der Waals surface area contributed by atoms with Crippen molar-refractivity contribution in [2.75, 3.05) is 0 Å². The number of hydrogen-bond donors (Lipinski definition) is 0. The molecule has 0 fully saturated rings. The molecule has 0 atom stereocenters. The molecular formula is C54H33N5. The quantitative estimate of drug-likeness (QED) is 0.130. The Morgan fingerprint density at radius 3 is 1.92 bits per heavy atom. The smallest absolute Gasteiger partial charge is 0.160 e. The van der Waals surface area contributed by atoms with E-state index in [2.05, 4.69) is 168 Å². The number of aromatic nitrogens is 5. The molecule has 3 heterocycles. The maximum atomic E-state index is 5.25. The van der Waals surface area contributed by atoms with E-state index in [4.69, 9.17) is 19.9 Å². The van der Waals surface area contributed by atoms with E-state index in [0.29, 0.717) is 5.82 Å². The second-order valence-electron chi connectivity index (χ2n) is 15.0. The van der Waals surface area contributed by atoms with E-state index >= 15 is 0 Å². The van der Waals surface area contributed by atoms with Gasteiger partial charge in [-0.25, -0.2) is 15.0 Å². The fourth-order valence-corrected chi connectivity index (χ4v) is 9.06. The maximum absolute atomic E-state index is 5.25. The van der Waals surface area contributed by atoms with Gasteiger partial charge < -0.3 is 0 Å². The molecule has 5 nitrogen and oxygen atoms in total. The number of pyridine rings is 1. The van der Waals surface area contributed by atoms with Crippen molar-refractivity contribution in [1.82, 2.24) is 24.5 Å². The summed E-state index contributed by atoms with van der Waals surface area (Å²) < 4.78 is 2.25. The van der Waals surface area contributed by atoms with Gasteiger partial charge in [0.05, 0.1) is 16.7 Å². The lowest BCUT2D eigenvalue weighted by Gasteiger charge is -2.18. The summed E-state index contributed by atoms with van der Waals surface area (Å²) in [6, 6.07) is 64.5. The lowest BCUT2D eigenvalue weighted by molar-refractivity contribution is 1.10. The first-order chi connectivity index (χ1) is 29.3. The number of benzene rings is 9. The molecule has 0 aliphatic heterocycles. The van der Waals surface area contributed by atoms with Crippen LogP contribution in [0.15, 0.2) is 201 Å². The zero-order chi connectivity index (χ0) is 38.9. The molecule has 9 aromatic carbocycles. The van der Waals surface area contributed by atoms with Crippen LogP contribution >= 0.6 is 0 Å². The van der Waals surface area contributed by atoms with E-state index < -0.39 is 0 Å². The molecule has 0 bridgehead atoms. The highest BCUT2D eigenvalue weighted by Crippen LogP contribution is 2.44. The number of para-hydroxylation sites is 3. The van der Waals surface area contributed by atoms with Gasteiger partial charge >= 0.3 is 0 Å². The van der Waals surface area contributed by atoms with Gasteiger partial charge in [0.25, 0.3) is 0 Å². The van der Waals surface area contributed by atoms with Crippen LogP contribution in [0.4, 0.5) is 0 Å². The Kier molecular flexibility index (Phi) is 7.47. The first kappa shape index (κ1) is 33.2. The zero-order valence-corrected chi connectivity index (χ0v) is 31.8. The first-order valence-electron chi connectivity index (χ1n) is 19.9. The Hall–Kier alpha value is -8.02. The van der Waals surface area contributed by atoms with Gasteiger partial charge in [-0.05, 0) is 114 Å². The number of fused-ring (bicyclic) bond motifs is 7. The number of imidazole rings is 1. The average molecular weight is 752 g/mol. The van der Waals surface area contributed by atoms with E-state index in [0.717, 1.165) is 77.6 Å². The molecule has 0 aliphatic rings. The summed E-state index contributed by atoms with van der Waals surface area (Å²) >= 11 is 0. The van der Waals surface area contributed by atoms with Gasteiger partial charge in [-0.15, -0.1) is 0 Å². The Balaban J connectivity index is 1.06. The topological polar surface area (TPSA) is 56.5 Å². The maximum Gasteiger partial charge on any atom is 0.160 e. The molecule has 0 amide bonds. The van der Waals surface area contributed by atoms with Crippen LogP contribution in [-0.2, 0) is 0 Å². The minimum atomic E-state index is 0.675. The molecule has 0 saturated heterocycles. The highest BCUT2D eigenvalue weighted by molar-refractivity contribution is 6.21. The van der Waals surface area contributed by atoms with Gasteiger partial charge in [0.2, 0.25) is 0 Å². The van der Waals surface area contributed by atoms with Crippen LogP contribution in [0.25, 0.3) is 116 Å². The molecule has 0 unspecified atom stereocenters. The summed E-state index contributed by atoms with van der Waals surface area (Å²) in [5.41, 5.74) is 9.23. The van der Waals surface area contributed by atoms with Crippen molar-refractivity contribution >= 4 is 64.9 Å². The lowest BCUT2D eigenvalue weighted by atomic mass is 9.88. The summed E-state index contributed by atoms with van der Waals surface area (Å²) in [6.07, 6.45) is 5.66. The third-order valence-corrected chi connectivity index (χ3v) is 11.7. The minimum Gasteiger partial charge on any atom is -0.292 e. The largest absolute Gasteiger partial charge is 0.292 e. The van der Waals surface area contributed by atoms with E-state index in [1.54, 1.807) is 0 Å². The molecule has 0 saturated carbocycles. The first-order valence-corrected chi connectivity index (χ1v) is 19.9. The minimum absolute atomic E-state index is 0.675. The fraction of sp³-hybridized carbons (Fsp3) is 0. The molecule has 3 aromatic heterocycles. The van der Waals surface area contributed by atoms with Crippen molar-refractivity contribution in [2.45, 2.75) is 0 Å². The second kappa shape index (κ2) is 13.3. The average Bonchev–Trinajstić information content (AvgIpc) is 3.70. The Morgan fingerprint density at radius 1 is 0.390 bits per heavy atom. The monoisotopic (exact) mass is 751 g/mol. The standard InChI is InChI=1S/C54H33N5/c1-2-14-39(15-3-1)59-50-21-9-8-20-48(50)58-54(59)37-23-26-45-47(32-37)52(53-55-28-11-29-56-53)44-17-7-6-16-43(44)51(45)49-27-24-38(33-57-49)40-18-10-19-41-42(40)25-22-36-30-34-12-4-5-13-35(34)31-46(36)41/h1-33H. The van der Waals surface area contributed by atoms with Gasteiger partial charge in [-0.3, -0.25) is 9.55 Å². The van der Waals surface area contributed by atoms with Crippen molar-refractivity contribution in [3.8, 4) is 50.8 Å². The van der Waals surface area contributed by atoms with Crippen molar-refractivity contribution < 1.29 is 0 Å². The Morgan fingerprint density at radius 2 is 1.08 bits per heavy atom. The van der Waals surface area contributed by atoms with Crippen LogP contribution < -0.4 is 0 Å². The van der Waals surface area contributed by atoms with Gasteiger partial charge in [0.1, 0.15) is 5.82 Å². The van der Waals surface area contributed by atoms with Crippen LogP contribution in [0, 0.1) is 0 Å². The number of hydrogen-bond acceptors (Lipinski definition) is 4. The molecule has 12 rings (SSSR count). The third-order valence-electron chi connectivity index (χ3n) is 11.7. The Bertz CT molecular complexity index is 3590. The molecule has 5 heteroatoms.